The molecule has 0 bridgehead atoms. The molecule has 0 unspecified atom stereocenters. The molecule has 2 aliphatic carbocycles. The van der Waals surface area contributed by atoms with Crippen molar-refractivity contribution in [3.8, 4) is 0 Å². The fourth-order valence-electron chi connectivity index (χ4n) is 2.98. The van der Waals surface area contributed by atoms with E-state index in [0.29, 0.717) is 17.3 Å². The molecule has 2 fully saturated rings. The molecule has 0 aromatic carbocycles. The van der Waals surface area contributed by atoms with Crippen molar-refractivity contribution in [2.45, 2.75) is 64.8 Å². The Morgan fingerprint density at radius 1 is 1.28 bits per heavy atom. The van der Waals surface area contributed by atoms with Crippen molar-refractivity contribution < 1.29 is 5.21 Å². The van der Waals surface area contributed by atoms with Crippen LogP contribution in [0.2, 0.25) is 0 Å². The Morgan fingerprint density at radius 3 is 2.39 bits per heavy atom. The number of hydrogen-bond acceptors (Lipinski definition) is 3. The lowest BCUT2D eigenvalue weighted by molar-refractivity contribution is 0.201. The van der Waals surface area contributed by atoms with Crippen molar-refractivity contribution in [2.24, 2.45) is 21.7 Å². The van der Waals surface area contributed by atoms with Crippen LogP contribution in [-0.2, 0) is 0 Å². The quantitative estimate of drug-likeness (QED) is 0.305. The zero-order valence-electron chi connectivity index (χ0n) is 11.7. The van der Waals surface area contributed by atoms with Crippen LogP contribution in [0.25, 0.3) is 0 Å². The van der Waals surface area contributed by atoms with Crippen LogP contribution in [-0.4, -0.2) is 23.6 Å². The fraction of sp³-hybridized carbons (Fsp3) is 0.929. The number of nitrogens with two attached hydrogens (primary N) is 1. The van der Waals surface area contributed by atoms with E-state index in [0.717, 1.165) is 13.0 Å². The van der Waals surface area contributed by atoms with Crippen molar-refractivity contribution in [2.75, 3.05) is 6.54 Å². The lowest BCUT2D eigenvalue weighted by atomic mass is 9.75. The van der Waals surface area contributed by atoms with Gasteiger partial charge < -0.3 is 16.3 Å². The maximum Gasteiger partial charge on any atom is 0.139 e. The first-order valence-electron chi connectivity index (χ1n) is 7.15. The van der Waals surface area contributed by atoms with Crippen molar-refractivity contribution in [1.29, 1.82) is 0 Å². The van der Waals surface area contributed by atoms with Crippen molar-refractivity contribution >= 4 is 5.84 Å². The van der Waals surface area contributed by atoms with Gasteiger partial charge in [-0.3, -0.25) is 0 Å². The number of oxime groups is 1. The van der Waals surface area contributed by atoms with Gasteiger partial charge in [0.1, 0.15) is 5.84 Å². The fourth-order valence-corrected chi connectivity index (χ4v) is 2.98. The SMILES string of the molecule is CC1(C)CCC(NCC2(CC(N)=NO)CC2)CC1. The molecule has 4 heteroatoms. The molecule has 2 rings (SSSR count). The molecule has 0 aromatic heterocycles. The van der Waals surface area contributed by atoms with E-state index < -0.39 is 0 Å². The molecule has 0 aliphatic heterocycles. The van der Waals surface area contributed by atoms with Crippen molar-refractivity contribution in [3.63, 3.8) is 0 Å². The first kappa shape index (κ1) is 13.7. The predicted molar refractivity (Wildman–Crippen MR) is 73.7 cm³/mol. The second kappa shape index (κ2) is 5.08. The first-order valence-corrected chi connectivity index (χ1v) is 7.15. The summed E-state index contributed by atoms with van der Waals surface area (Å²) in [5.41, 5.74) is 6.43. The molecule has 0 amide bonds. The minimum absolute atomic E-state index is 0.281. The van der Waals surface area contributed by atoms with Crippen LogP contribution >= 0.6 is 0 Å². The minimum atomic E-state index is 0.281. The molecule has 0 heterocycles. The van der Waals surface area contributed by atoms with Crippen LogP contribution in [0.15, 0.2) is 5.16 Å². The van der Waals surface area contributed by atoms with Gasteiger partial charge in [0.15, 0.2) is 0 Å². The van der Waals surface area contributed by atoms with Gasteiger partial charge in [0.05, 0.1) is 0 Å². The molecule has 2 aliphatic rings. The summed E-state index contributed by atoms with van der Waals surface area (Å²) in [7, 11) is 0. The summed E-state index contributed by atoms with van der Waals surface area (Å²) >= 11 is 0. The van der Waals surface area contributed by atoms with Gasteiger partial charge in [-0.05, 0) is 49.4 Å². The lowest BCUT2D eigenvalue weighted by Gasteiger charge is -2.35. The van der Waals surface area contributed by atoms with Crippen molar-refractivity contribution in [3.05, 3.63) is 0 Å². The summed E-state index contributed by atoms with van der Waals surface area (Å²) < 4.78 is 0. The van der Waals surface area contributed by atoms with Crippen LogP contribution in [0.3, 0.4) is 0 Å². The second-order valence-corrected chi connectivity index (χ2v) is 7.09. The first-order chi connectivity index (χ1) is 8.45. The molecule has 4 nitrogen and oxygen atoms in total. The van der Waals surface area contributed by atoms with Crippen molar-refractivity contribution in [1.82, 2.24) is 5.32 Å². The zero-order chi connectivity index (χ0) is 13.2. The number of hydrogen-bond donors (Lipinski definition) is 3. The van der Waals surface area contributed by atoms with E-state index in [2.05, 4.69) is 24.3 Å². The average Bonchev–Trinajstić information content (AvgIpc) is 3.08. The molecular formula is C14H27N3O. The van der Waals surface area contributed by atoms with E-state index in [1.54, 1.807) is 0 Å². The lowest BCUT2D eigenvalue weighted by Crippen LogP contribution is -2.39. The average molecular weight is 253 g/mol. The summed E-state index contributed by atoms with van der Waals surface area (Å²) in [6.45, 7) is 5.75. The van der Waals surface area contributed by atoms with Crippen LogP contribution in [0.1, 0.15) is 58.8 Å². The molecule has 0 atom stereocenters. The Labute approximate surface area is 110 Å². The van der Waals surface area contributed by atoms with E-state index >= 15 is 0 Å². The molecule has 0 aromatic rings. The monoisotopic (exact) mass is 253 g/mol. The van der Waals surface area contributed by atoms with Crippen LogP contribution in [0, 0.1) is 10.8 Å². The summed E-state index contributed by atoms with van der Waals surface area (Å²) in [6, 6.07) is 0.669. The van der Waals surface area contributed by atoms with Crippen LogP contribution < -0.4 is 11.1 Å². The Bertz CT molecular complexity index is 311. The molecule has 0 radical (unpaired) electrons. The highest BCUT2D eigenvalue weighted by atomic mass is 16.4. The molecule has 0 saturated heterocycles. The maximum atomic E-state index is 8.64. The third-order valence-corrected chi connectivity index (χ3v) is 4.75. The maximum absolute atomic E-state index is 8.64. The van der Waals surface area contributed by atoms with E-state index in [4.69, 9.17) is 10.9 Å². The van der Waals surface area contributed by atoms with Gasteiger partial charge >= 0.3 is 0 Å². The van der Waals surface area contributed by atoms with E-state index in [9.17, 15) is 0 Å². The molecular weight excluding hydrogens is 226 g/mol. The number of rotatable bonds is 5. The van der Waals surface area contributed by atoms with Gasteiger partial charge in [-0.25, -0.2) is 0 Å². The number of nitrogens with one attached hydrogen (secondary N) is 1. The van der Waals surface area contributed by atoms with Gasteiger partial charge in [0.2, 0.25) is 0 Å². The number of amidine groups is 1. The van der Waals surface area contributed by atoms with E-state index in [-0.39, 0.29) is 5.41 Å². The molecule has 104 valence electrons. The smallest absolute Gasteiger partial charge is 0.139 e. The molecule has 2 saturated carbocycles. The highest BCUT2D eigenvalue weighted by molar-refractivity contribution is 5.80. The summed E-state index contributed by atoms with van der Waals surface area (Å²) in [5, 5.41) is 15.4. The minimum Gasteiger partial charge on any atom is -0.409 e. The zero-order valence-corrected chi connectivity index (χ0v) is 11.7. The summed E-state index contributed by atoms with van der Waals surface area (Å²) in [5.74, 6) is 0.374. The molecule has 4 N–H and O–H groups in total. The van der Waals surface area contributed by atoms with Crippen LogP contribution in [0.5, 0.6) is 0 Å². The Hall–Kier alpha value is -0.770. The third kappa shape index (κ3) is 3.61. The van der Waals surface area contributed by atoms with Gasteiger partial charge in [0.25, 0.3) is 0 Å². The Morgan fingerprint density at radius 2 is 1.89 bits per heavy atom. The van der Waals surface area contributed by atoms with Gasteiger partial charge in [-0.2, -0.15) is 0 Å². The molecule has 0 spiro atoms. The van der Waals surface area contributed by atoms with E-state index in [1.165, 1.54) is 38.5 Å². The largest absolute Gasteiger partial charge is 0.409 e. The Balaban J connectivity index is 1.72. The Kier molecular flexibility index (Phi) is 3.85. The van der Waals surface area contributed by atoms with Gasteiger partial charge in [-0.15, -0.1) is 0 Å². The normalized spacial score (nSPS) is 27.1. The summed E-state index contributed by atoms with van der Waals surface area (Å²) in [6.07, 6.45) is 8.34. The van der Waals surface area contributed by atoms with Gasteiger partial charge in [0, 0.05) is 19.0 Å². The number of nitrogens with zero attached hydrogens (tertiary/aromatic N) is 1. The second-order valence-electron chi connectivity index (χ2n) is 7.09. The molecule has 18 heavy (non-hydrogen) atoms. The van der Waals surface area contributed by atoms with E-state index in [1.807, 2.05) is 0 Å². The summed E-state index contributed by atoms with van der Waals surface area (Å²) in [4.78, 5) is 0. The predicted octanol–water partition coefficient (Wildman–Crippen LogP) is 2.46. The van der Waals surface area contributed by atoms with Crippen LogP contribution in [0.4, 0.5) is 0 Å². The highest BCUT2D eigenvalue weighted by Crippen LogP contribution is 2.48. The third-order valence-electron chi connectivity index (χ3n) is 4.75. The van der Waals surface area contributed by atoms with Gasteiger partial charge in [-0.1, -0.05) is 19.0 Å². The topological polar surface area (TPSA) is 70.6 Å². The highest BCUT2D eigenvalue weighted by Gasteiger charge is 2.43. The standard InChI is InChI=1S/C14H27N3O/c1-13(2)5-3-11(4-6-13)16-10-14(7-8-14)9-12(15)17-18/h11,16,18H,3-10H2,1-2H3,(H2,15,17).